The Hall–Kier alpha value is -2.60. The first-order chi connectivity index (χ1) is 13.0. The first kappa shape index (κ1) is 17.8. The van der Waals surface area contributed by atoms with Crippen LogP contribution in [0.1, 0.15) is 36.2 Å². The van der Waals surface area contributed by atoms with Crippen molar-refractivity contribution in [1.82, 2.24) is 24.3 Å². The Morgan fingerprint density at radius 2 is 1.81 bits per heavy atom. The fourth-order valence-corrected chi connectivity index (χ4v) is 4.23. The lowest BCUT2D eigenvalue weighted by Crippen LogP contribution is -2.03. The number of aromatic amines is 1. The smallest absolute Gasteiger partial charge is 0.234 e. The molecule has 3 aromatic heterocycles. The first-order valence-corrected chi connectivity index (χ1v) is 10.00. The average molecular weight is 378 g/mol. The number of imidazole rings is 2. The predicted molar refractivity (Wildman–Crippen MR) is 110 cm³/mol. The summed E-state index contributed by atoms with van der Waals surface area (Å²) in [5, 5.41) is 1.10. The standard InChI is InChI=1S/C21H23N5S/c1-13(2)19(18-12-26-15(4)10-14(3)23-20(26)24-18)27-21-22-11-17(25-21)16-8-6-5-7-9-16/h5-13,19H,1-4H3,(H,22,25). The third-order valence-corrected chi connectivity index (χ3v) is 6.01. The maximum atomic E-state index is 4.81. The minimum absolute atomic E-state index is 0.196. The van der Waals surface area contributed by atoms with Crippen molar-refractivity contribution in [2.45, 2.75) is 38.1 Å². The molecule has 0 spiro atoms. The number of aryl methyl sites for hydroxylation is 2. The number of benzene rings is 1. The first-order valence-electron chi connectivity index (χ1n) is 9.12. The number of rotatable bonds is 5. The monoisotopic (exact) mass is 377 g/mol. The van der Waals surface area contributed by atoms with Gasteiger partial charge in [0.15, 0.2) is 5.16 Å². The van der Waals surface area contributed by atoms with E-state index < -0.39 is 0 Å². The van der Waals surface area contributed by atoms with Gasteiger partial charge in [0.25, 0.3) is 0 Å². The van der Waals surface area contributed by atoms with Gasteiger partial charge in [-0.3, -0.25) is 4.40 Å². The summed E-state index contributed by atoms with van der Waals surface area (Å²) in [6.45, 7) is 8.52. The number of aromatic nitrogens is 5. The molecule has 0 aliphatic heterocycles. The highest BCUT2D eigenvalue weighted by atomic mass is 32.2. The molecule has 4 rings (SSSR count). The number of hydrogen-bond donors (Lipinski definition) is 1. The van der Waals surface area contributed by atoms with Gasteiger partial charge in [0.05, 0.1) is 16.6 Å². The molecule has 0 aliphatic carbocycles. The molecule has 0 saturated carbocycles. The van der Waals surface area contributed by atoms with Crippen LogP contribution in [0.15, 0.2) is 53.9 Å². The van der Waals surface area contributed by atoms with Crippen molar-refractivity contribution >= 4 is 17.5 Å². The molecule has 6 heteroatoms. The number of nitrogens with zero attached hydrogens (tertiary/aromatic N) is 4. The average Bonchev–Trinajstić information content (AvgIpc) is 3.27. The number of H-pyrrole nitrogens is 1. The molecule has 5 nitrogen and oxygen atoms in total. The normalized spacial score (nSPS) is 12.8. The maximum Gasteiger partial charge on any atom is 0.234 e. The van der Waals surface area contributed by atoms with Crippen molar-refractivity contribution in [2.24, 2.45) is 5.92 Å². The van der Waals surface area contributed by atoms with E-state index in [-0.39, 0.29) is 5.25 Å². The van der Waals surface area contributed by atoms with Gasteiger partial charge in [0, 0.05) is 29.3 Å². The molecular formula is C21H23N5S. The van der Waals surface area contributed by atoms with Crippen molar-refractivity contribution in [3.05, 3.63) is 65.9 Å². The molecule has 1 atom stereocenters. The van der Waals surface area contributed by atoms with Crippen molar-refractivity contribution in [3.63, 3.8) is 0 Å². The molecule has 0 amide bonds. The summed E-state index contributed by atoms with van der Waals surface area (Å²) >= 11 is 1.72. The minimum atomic E-state index is 0.196. The molecule has 4 aromatic rings. The molecule has 138 valence electrons. The van der Waals surface area contributed by atoms with Crippen LogP contribution in [0.4, 0.5) is 0 Å². The van der Waals surface area contributed by atoms with Gasteiger partial charge in [0.2, 0.25) is 5.78 Å². The third-order valence-electron chi connectivity index (χ3n) is 4.54. The molecule has 1 N–H and O–H groups in total. The van der Waals surface area contributed by atoms with E-state index in [0.29, 0.717) is 5.92 Å². The van der Waals surface area contributed by atoms with Gasteiger partial charge in [-0.1, -0.05) is 55.9 Å². The summed E-state index contributed by atoms with van der Waals surface area (Å²) < 4.78 is 2.07. The second kappa shape index (κ2) is 7.19. The summed E-state index contributed by atoms with van der Waals surface area (Å²) in [5.41, 5.74) is 5.25. The summed E-state index contributed by atoms with van der Waals surface area (Å²) in [7, 11) is 0. The fraction of sp³-hybridized carbons (Fsp3) is 0.286. The van der Waals surface area contributed by atoms with E-state index in [1.165, 1.54) is 0 Å². The van der Waals surface area contributed by atoms with Crippen molar-refractivity contribution in [3.8, 4) is 11.3 Å². The van der Waals surface area contributed by atoms with E-state index in [1.807, 2.05) is 31.3 Å². The summed E-state index contributed by atoms with van der Waals surface area (Å²) in [5.74, 6) is 1.17. The van der Waals surface area contributed by atoms with Crippen LogP contribution in [0.2, 0.25) is 0 Å². The molecule has 3 heterocycles. The molecule has 0 aliphatic rings. The second-order valence-corrected chi connectivity index (χ2v) is 8.24. The quantitative estimate of drug-likeness (QED) is 0.484. The van der Waals surface area contributed by atoms with Crippen LogP contribution in [0, 0.1) is 19.8 Å². The number of fused-ring (bicyclic) bond motifs is 1. The van der Waals surface area contributed by atoms with Crippen molar-refractivity contribution in [2.75, 3.05) is 0 Å². The van der Waals surface area contributed by atoms with Gasteiger partial charge < -0.3 is 4.98 Å². The zero-order valence-corrected chi connectivity index (χ0v) is 16.8. The maximum absolute atomic E-state index is 4.81. The van der Waals surface area contributed by atoms with Crippen molar-refractivity contribution in [1.29, 1.82) is 0 Å². The van der Waals surface area contributed by atoms with E-state index in [0.717, 1.165) is 39.3 Å². The van der Waals surface area contributed by atoms with Crippen LogP contribution in [-0.2, 0) is 0 Å². The summed E-state index contributed by atoms with van der Waals surface area (Å²) in [6.07, 6.45) is 4.07. The Morgan fingerprint density at radius 1 is 1.04 bits per heavy atom. The van der Waals surface area contributed by atoms with Crippen LogP contribution in [0.3, 0.4) is 0 Å². The van der Waals surface area contributed by atoms with Gasteiger partial charge in [-0.15, -0.1) is 0 Å². The van der Waals surface area contributed by atoms with Gasteiger partial charge in [-0.25, -0.2) is 15.0 Å². The van der Waals surface area contributed by atoms with E-state index >= 15 is 0 Å². The zero-order chi connectivity index (χ0) is 19.0. The van der Waals surface area contributed by atoms with E-state index in [9.17, 15) is 0 Å². The lowest BCUT2D eigenvalue weighted by Gasteiger charge is -2.16. The number of nitrogens with one attached hydrogen (secondary N) is 1. The third kappa shape index (κ3) is 3.62. The Kier molecular flexibility index (Phi) is 4.74. The van der Waals surface area contributed by atoms with Crippen LogP contribution in [-0.4, -0.2) is 24.3 Å². The molecule has 1 aromatic carbocycles. The second-order valence-electron chi connectivity index (χ2n) is 7.11. The SMILES string of the molecule is Cc1cc(C)n2cc(C(Sc3nc(-c4ccccc4)c[nH]3)C(C)C)nc2n1. The Balaban J connectivity index is 1.64. The molecule has 0 radical (unpaired) electrons. The summed E-state index contributed by atoms with van der Waals surface area (Å²) in [6, 6.07) is 12.3. The largest absolute Gasteiger partial charge is 0.339 e. The van der Waals surface area contributed by atoms with Crippen LogP contribution in [0.5, 0.6) is 0 Å². The lowest BCUT2D eigenvalue weighted by atomic mass is 10.1. The fourth-order valence-electron chi connectivity index (χ4n) is 3.21. The number of thioether (sulfide) groups is 1. The zero-order valence-electron chi connectivity index (χ0n) is 16.0. The molecule has 0 bridgehead atoms. The Morgan fingerprint density at radius 3 is 2.56 bits per heavy atom. The highest BCUT2D eigenvalue weighted by Crippen LogP contribution is 2.39. The highest BCUT2D eigenvalue weighted by Gasteiger charge is 2.23. The summed E-state index contributed by atoms with van der Waals surface area (Å²) in [4.78, 5) is 17.5. The Labute approximate surface area is 163 Å². The highest BCUT2D eigenvalue weighted by molar-refractivity contribution is 7.99. The van der Waals surface area contributed by atoms with Crippen LogP contribution in [0.25, 0.3) is 17.0 Å². The van der Waals surface area contributed by atoms with Crippen LogP contribution >= 0.6 is 11.8 Å². The Bertz CT molecular complexity index is 1060. The predicted octanol–water partition coefficient (Wildman–Crippen LogP) is 5.23. The molecule has 0 saturated heterocycles. The van der Waals surface area contributed by atoms with Crippen molar-refractivity contribution < 1.29 is 0 Å². The van der Waals surface area contributed by atoms with Gasteiger partial charge >= 0.3 is 0 Å². The molecule has 27 heavy (non-hydrogen) atoms. The van der Waals surface area contributed by atoms with Gasteiger partial charge in [0.1, 0.15) is 0 Å². The number of hydrogen-bond acceptors (Lipinski definition) is 4. The van der Waals surface area contributed by atoms with Gasteiger partial charge in [-0.05, 0) is 25.8 Å². The van der Waals surface area contributed by atoms with Gasteiger partial charge in [-0.2, -0.15) is 0 Å². The molecule has 1 unspecified atom stereocenters. The molecular weight excluding hydrogens is 354 g/mol. The lowest BCUT2D eigenvalue weighted by molar-refractivity contribution is 0.621. The topological polar surface area (TPSA) is 58.9 Å². The molecule has 0 fully saturated rings. The van der Waals surface area contributed by atoms with Crippen LogP contribution < -0.4 is 0 Å². The van der Waals surface area contributed by atoms with E-state index in [2.05, 4.69) is 59.5 Å². The van der Waals surface area contributed by atoms with E-state index in [4.69, 9.17) is 9.97 Å². The minimum Gasteiger partial charge on any atom is -0.339 e. The van der Waals surface area contributed by atoms with E-state index in [1.54, 1.807) is 11.8 Å².